The van der Waals surface area contributed by atoms with E-state index in [1.54, 1.807) is 0 Å². The molecule has 27 nitrogen and oxygen atoms in total. The lowest BCUT2D eigenvalue weighted by molar-refractivity contribution is 0.340. The minimum absolute atomic E-state index is 0.606. The minimum atomic E-state index is -4.19. The van der Waals surface area contributed by atoms with Crippen LogP contribution in [0.25, 0.3) is 0 Å². The van der Waals surface area contributed by atoms with Crippen molar-refractivity contribution in [2.75, 3.05) is 118 Å². The van der Waals surface area contributed by atoms with Crippen LogP contribution in [0.1, 0.15) is 125 Å². The van der Waals surface area contributed by atoms with Gasteiger partial charge in [0.15, 0.2) is 49.2 Å². The van der Waals surface area contributed by atoms with Crippen molar-refractivity contribution in [3.63, 3.8) is 0 Å². The predicted octanol–water partition coefficient (Wildman–Crippen LogP) is 17.7. The van der Waals surface area contributed by atoms with Crippen LogP contribution in [0.3, 0.4) is 0 Å². The van der Waals surface area contributed by atoms with Crippen molar-refractivity contribution in [2.24, 2.45) is 71.1 Å². The van der Waals surface area contributed by atoms with Crippen molar-refractivity contribution >= 4 is 71.7 Å². The topological polar surface area (TPSA) is 286 Å². The fourth-order valence-electron chi connectivity index (χ4n) is 9.14. The average Bonchev–Trinajstić information content (AvgIpc) is 3.37. The lowest BCUT2D eigenvalue weighted by Crippen LogP contribution is -2.41. The SMILES string of the molecule is CCN(CC)P(=NP1(N=NPN=N)=NP(N=P(N(CC)CC)(N(CC)CC)N(CC)CC)(N=P(N(CC)CC)(N(CC)CC)N(CC)CC)=NP(N=NPN=N)(N=NPN=N)=N1)(N(CC)CC)N(CC)CC. The molecule has 0 aliphatic carbocycles. The predicted molar refractivity (Wildman–Crippen MR) is 317 cm³/mol. The Bertz CT molecular complexity index is 1870. The Balaban J connectivity index is 6.50. The molecule has 1 aliphatic heterocycles. The maximum absolute atomic E-state index is 8.00. The molecule has 0 spiro atoms. The molecule has 0 aromatic heterocycles. The summed E-state index contributed by atoms with van der Waals surface area (Å²) in [7, 11) is -23.7. The number of nitrogens with zero attached hydrogens (tertiary/aromatic N) is 24. The zero-order chi connectivity index (χ0) is 54.7. The highest BCUT2D eigenvalue weighted by atomic mass is 31.3. The van der Waals surface area contributed by atoms with Crippen LogP contribution in [-0.2, 0) is 0 Å². The van der Waals surface area contributed by atoms with Gasteiger partial charge in [0.2, 0.25) is 0 Å². The van der Waals surface area contributed by atoms with Gasteiger partial charge >= 0.3 is 22.5 Å². The average molecular weight is 1190 g/mol. The Labute approximate surface area is 441 Å². The molecule has 0 saturated carbocycles. The first kappa shape index (κ1) is 69.9. The first-order valence-corrected chi connectivity index (χ1v) is 38.1. The molecule has 1 aliphatic rings. The highest BCUT2D eigenvalue weighted by molar-refractivity contribution is 7.89. The normalized spacial score (nSPS) is 19.5. The molecule has 0 amide bonds. The first-order chi connectivity index (χ1) is 34.6. The summed E-state index contributed by atoms with van der Waals surface area (Å²) in [5.74, 6) is 0. The summed E-state index contributed by atoms with van der Waals surface area (Å²) < 4.78 is 59.0. The van der Waals surface area contributed by atoms with E-state index in [0.29, 0.717) is 118 Å². The van der Waals surface area contributed by atoms with E-state index in [0.717, 1.165) is 0 Å². The number of hydrogen-bond donors (Lipinski definition) is 3. The summed E-state index contributed by atoms with van der Waals surface area (Å²) in [5, 5.41) is 0. The van der Waals surface area contributed by atoms with Crippen LogP contribution in [0.15, 0.2) is 71.1 Å². The highest BCUT2D eigenvalue weighted by Gasteiger charge is 2.50. The van der Waals surface area contributed by atoms with Crippen molar-refractivity contribution in [1.82, 2.24) is 42.0 Å². The van der Waals surface area contributed by atoms with Gasteiger partial charge in [0, 0.05) is 118 Å². The van der Waals surface area contributed by atoms with Crippen LogP contribution in [0.5, 0.6) is 0 Å². The summed E-state index contributed by atoms with van der Waals surface area (Å²) in [6.07, 6.45) is 0. The summed E-state index contributed by atoms with van der Waals surface area (Å²) >= 11 is 0. The quantitative estimate of drug-likeness (QED) is 0.0389. The molecule has 0 aromatic carbocycles. The fraction of sp³-hybridized carbons (Fsp3) is 1.00. The third-order valence-electron chi connectivity index (χ3n) is 12.2. The van der Waals surface area contributed by atoms with Crippen LogP contribution in [0.4, 0.5) is 0 Å². The van der Waals surface area contributed by atoms with Gasteiger partial charge in [-0.2, -0.15) is 41.7 Å². The van der Waals surface area contributed by atoms with E-state index in [1.807, 2.05) is 0 Å². The van der Waals surface area contributed by atoms with Gasteiger partial charge in [-0.05, 0) is 0 Å². The van der Waals surface area contributed by atoms with Crippen molar-refractivity contribution in [3.05, 3.63) is 0 Å². The monoisotopic (exact) mass is 1190 g/mol. The van der Waals surface area contributed by atoms with E-state index < -0.39 is 71.7 Å². The molecule has 72 heavy (non-hydrogen) atoms. The smallest absolute Gasteiger partial charge is 0.246 e. The van der Waals surface area contributed by atoms with Crippen LogP contribution in [-0.4, -0.2) is 160 Å². The van der Waals surface area contributed by atoms with Crippen molar-refractivity contribution in [1.29, 1.82) is 16.6 Å². The van der Waals surface area contributed by atoms with Crippen molar-refractivity contribution < 1.29 is 0 Å². The van der Waals surface area contributed by atoms with Crippen LogP contribution >= 0.6 is 71.7 Å². The standard InChI is InChI=1S/C36H96N27P9/c1-19-55(20-2)70(56(21-3)22-4,57(23-5)24-6)52-68(48-45-66-42-39)49-67(46-43-64-40-37,47-44-65-41-38)50-69(51-68,53-71(58(25-7)26-8,59(27-9)28-10)60(29-11)30-12)54-72(61(31-13)32-14,62(33-15)34-16)63(35-17)36-18/h37-39,64-66H,19-36H2,1-18H3. The zero-order valence-corrected chi connectivity index (χ0v) is 55.5. The molecule has 420 valence electrons. The Kier molecular flexibility index (Phi) is 34.4. The molecule has 36 heteroatoms. The number of hydrogen-bond acceptors (Lipinski definition) is 18. The molecule has 0 radical (unpaired) electrons. The van der Waals surface area contributed by atoms with E-state index in [9.17, 15) is 0 Å². The summed E-state index contributed by atoms with van der Waals surface area (Å²) in [6, 6.07) is 0. The molecule has 0 fully saturated rings. The van der Waals surface area contributed by atoms with Gasteiger partial charge in [0.1, 0.15) is 0 Å². The molecule has 4 atom stereocenters. The lowest BCUT2D eigenvalue weighted by atomic mass is 10.7. The van der Waals surface area contributed by atoms with E-state index in [4.69, 9.17) is 58.3 Å². The summed E-state index contributed by atoms with van der Waals surface area (Å²) in [4.78, 5) is 39.8. The van der Waals surface area contributed by atoms with Crippen LogP contribution < -0.4 is 0 Å². The van der Waals surface area contributed by atoms with Gasteiger partial charge in [-0.15, -0.1) is 29.3 Å². The molecule has 0 bridgehead atoms. The van der Waals surface area contributed by atoms with Gasteiger partial charge < -0.3 is 0 Å². The Hall–Kier alpha value is -0.0900. The molecule has 0 saturated heterocycles. The molecular formula is C36H96N27P9. The first-order valence-electron chi connectivity index (χ1n) is 25.8. The Morgan fingerprint density at radius 1 is 0.292 bits per heavy atom. The Morgan fingerprint density at radius 2 is 0.458 bits per heavy atom. The molecule has 1 rings (SSSR count). The van der Waals surface area contributed by atoms with E-state index in [1.165, 1.54) is 0 Å². The Morgan fingerprint density at radius 3 is 0.653 bits per heavy atom. The highest BCUT2D eigenvalue weighted by Crippen LogP contribution is 2.88. The zero-order valence-electron chi connectivity index (χ0n) is 47.1. The van der Waals surface area contributed by atoms with E-state index >= 15 is 0 Å². The second-order valence-corrected chi connectivity index (χ2v) is 33.4. The fourth-order valence-corrected chi connectivity index (χ4v) is 38.7. The molecule has 3 N–H and O–H groups in total. The maximum atomic E-state index is 8.00. The van der Waals surface area contributed by atoms with E-state index in [-0.39, 0.29) is 0 Å². The third-order valence-corrected chi connectivity index (χ3v) is 38.0. The summed E-state index contributed by atoms with van der Waals surface area (Å²) in [6.45, 7) is 51.1. The second-order valence-electron chi connectivity index (χ2n) is 15.2. The largest absolute Gasteiger partial charge is 0.348 e. The molecular weight excluding hydrogens is 1090 g/mol. The summed E-state index contributed by atoms with van der Waals surface area (Å²) in [5.41, 5.74) is 23.7. The van der Waals surface area contributed by atoms with Gasteiger partial charge in [0.05, 0.1) is 0 Å². The van der Waals surface area contributed by atoms with Gasteiger partial charge in [-0.1, -0.05) is 125 Å². The van der Waals surface area contributed by atoms with Gasteiger partial charge in [-0.3, -0.25) is 0 Å². The van der Waals surface area contributed by atoms with Crippen LogP contribution in [0.2, 0.25) is 0 Å². The molecule has 1 heterocycles. The van der Waals surface area contributed by atoms with Crippen molar-refractivity contribution in [2.45, 2.75) is 125 Å². The maximum Gasteiger partial charge on any atom is 0.348 e. The molecule has 0 aromatic rings. The lowest BCUT2D eigenvalue weighted by Gasteiger charge is -2.50. The number of nitrogens with one attached hydrogen (secondary N) is 3. The van der Waals surface area contributed by atoms with Crippen LogP contribution in [0, 0.1) is 16.6 Å². The van der Waals surface area contributed by atoms with E-state index in [2.05, 4.69) is 196 Å². The minimum Gasteiger partial charge on any atom is -0.246 e. The number of rotatable bonds is 39. The molecule has 4 unspecified atom stereocenters. The third kappa shape index (κ3) is 16.0. The van der Waals surface area contributed by atoms with Gasteiger partial charge in [-0.25, -0.2) is 58.6 Å². The van der Waals surface area contributed by atoms with Gasteiger partial charge in [0.25, 0.3) is 0 Å². The van der Waals surface area contributed by atoms with Crippen molar-refractivity contribution in [3.8, 4) is 0 Å². The second kappa shape index (κ2) is 35.4.